The van der Waals surface area contributed by atoms with Crippen LogP contribution in [0, 0.1) is 5.92 Å². The lowest BCUT2D eigenvalue weighted by Crippen LogP contribution is -2.19. The van der Waals surface area contributed by atoms with Gasteiger partial charge in [-0.05, 0) is 18.4 Å². The lowest BCUT2D eigenvalue weighted by Gasteiger charge is -2.25. The van der Waals surface area contributed by atoms with E-state index in [9.17, 15) is 0 Å². The van der Waals surface area contributed by atoms with Crippen LogP contribution in [0.4, 0.5) is 0 Å². The summed E-state index contributed by atoms with van der Waals surface area (Å²) in [5.41, 5.74) is 3.13. The lowest BCUT2D eigenvalue weighted by molar-refractivity contribution is 0.499. The second-order valence-corrected chi connectivity index (χ2v) is 5.59. The van der Waals surface area contributed by atoms with Crippen molar-refractivity contribution in [1.82, 2.24) is 9.55 Å². The largest absolute Gasteiger partial charge is 0.333 e. The summed E-state index contributed by atoms with van der Waals surface area (Å²) in [4.78, 5) is 8.88. The summed E-state index contributed by atoms with van der Waals surface area (Å²) in [6.07, 6.45) is 9.15. The minimum absolute atomic E-state index is 0.314. The highest BCUT2D eigenvalue weighted by molar-refractivity contribution is 6.69. The molecule has 1 aromatic rings. The van der Waals surface area contributed by atoms with Gasteiger partial charge in [-0.2, -0.15) is 0 Å². The molecule has 4 heteroatoms. The molecular weight excluding hydrogens is 246 g/mol. The van der Waals surface area contributed by atoms with Gasteiger partial charge in [0.2, 0.25) is 0 Å². The second-order valence-electron chi connectivity index (χ2n) is 5.24. The number of aromatic nitrogens is 2. The Morgan fingerprint density at radius 3 is 3.11 bits per heavy atom. The predicted molar refractivity (Wildman–Crippen MR) is 74.0 cm³/mol. The van der Waals surface area contributed by atoms with Crippen LogP contribution in [0.1, 0.15) is 37.6 Å². The third kappa shape index (κ3) is 1.83. The summed E-state index contributed by atoms with van der Waals surface area (Å²) in [5.74, 6) is 0.904. The molecule has 0 saturated heterocycles. The molecule has 1 atom stereocenters. The zero-order valence-corrected chi connectivity index (χ0v) is 11.4. The van der Waals surface area contributed by atoms with Gasteiger partial charge in [0.1, 0.15) is 5.69 Å². The highest BCUT2D eigenvalue weighted by Gasteiger charge is 2.30. The maximum absolute atomic E-state index is 6.23. The van der Waals surface area contributed by atoms with Crippen molar-refractivity contribution in [2.24, 2.45) is 10.9 Å². The van der Waals surface area contributed by atoms with Crippen molar-refractivity contribution in [3.8, 4) is 0 Å². The van der Waals surface area contributed by atoms with Gasteiger partial charge in [0, 0.05) is 12.5 Å². The number of hydrogen-bond acceptors (Lipinski definition) is 2. The summed E-state index contributed by atoms with van der Waals surface area (Å²) >= 11 is 6.23. The van der Waals surface area contributed by atoms with Gasteiger partial charge in [-0.3, -0.25) is 0 Å². The number of allylic oxidation sites excluding steroid dienone is 4. The van der Waals surface area contributed by atoms with Crippen LogP contribution in [0.5, 0.6) is 0 Å². The summed E-state index contributed by atoms with van der Waals surface area (Å²) in [6, 6.07) is 0. The van der Waals surface area contributed by atoms with Crippen molar-refractivity contribution in [2.45, 2.75) is 32.7 Å². The maximum atomic E-state index is 6.23. The van der Waals surface area contributed by atoms with E-state index < -0.39 is 0 Å². The fourth-order valence-electron chi connectivity index (χ4n) is 2.61. The zero-order valence-electron chi connectivity index (χ0n) is 10.6. The standard InChI is InChI=1S/C14H16ClN3/c1-9(2)7-18-8-16-12-13(18)10-5-3-4-6-11(10)17-14(12)15/h3-4,6,8-10H,5,7H2,1-2H3. The van der Waals surface area contributed by atoms with Crippen molar-refractivity contribution >= 4 is 16.8 Å². The Hall–Kier alpha value is -1.35. The average Bonchev–Trinajstić information content (AvgIpc) is 2.73. The van der Waals surface area contributed by atoms with Crippen LogP contribution in [0.2, 0.25) is 0 Å². The summed E-state index contributed by atoms with van der Waals surface area (Å²) < 4.78 is 2.23. The van der Waals surface area contributed by atoms with Gasteiger partial charge in [0.05, 0.1) is 17.7 Å². The molecule has 3 nitrogen and oxygen atoms in total. The minimum Gasteiger partial charge on any atom is -0.333 e. The van der Waals surface area contributed by atoms with Crippen molar-refractivity contribution < 1.29 is 0 Å². The number of hydrogen-bond donors (Lipinski definition) is 0. The molecule has 94 valence electrons. The Morgan fingerprint density at radius 2 is 2.33 bits per heavy atom. The molecule has 0 fully saturated rings. The Kier molecular flexibility index (Phi) is 2.86. The number of nitrogens with zero attached hydrogens (tertiary/aromatic N) is 3. The molecular formula is C14H16ClN3. The Bertz CT molecular complexity index is 564. The number of rotatable bonds is 2. The van der Waals surface area contributed by atoms with Crippen LogP contribution < -0.4 is 0 Å². The van der Waals surface area contributed by atoms with Crippen LogP contribution in [0.15, 0.2) is 35.2 Å². The normalized spacial score (nSPS) is 21.4. The van der Waals surface area contributed by atoms with E-state index in [0.29, 0.717) is 17.0 Å². The first-order valence-corrected chi connectivity index (χ1v) is 6.71. The molecule has 3 rings (SSSR count). The van der Waals surface area contributed by atoms with E-state index >= 15 is 0 Å². The topological polar surface area (TPSA) is 30.2 Å². The van der Waals surface area contributed by atoms with E-state index in [4.69, 9.17) is 11.6 Å². The van der Waals surface area contributed by atoms with Gasteiger partial charge >= 0.3 is 0 Å². The van der Waals surface area contributed by atoms with Gasteiger partial charge in [-0.15, -0.1) is 0 Å². The van der Waals surface area contributed by atoms with Crippen LogP contribution >= 0.6 is 11.6 Å². The van der Waals surface area contributed by atoms with Crippen LogP contribution in [0.3, 0.4) is 0 Å². The number of halogens is 1. The third-order valence-corrected chi connectivity index (χ3v) is 3.59. The fourth-order valence-corrected chi connectivity index (χ4v) is 2.85. The van der Waals surface area contributed by atoms with Crippen LogP contribution in [0.25, 0.3) is 0 Å². The SMILES string of the molecule is CC(C)Cn1cnc2c1C1CC=CC=C1N=C2Cl. The van der Waals surface area contributed by atoms with Crippen LogP contribution in [-0.4, -0.2) is 14.7 Å². The smallest absolute Gasteiger partial charge is 0.156 e. The third-order valence-electron chi connectivity index (χ3n) is 3.32. The molecule has 1 aliphatic carbocycles. The highest BCUT2D eigenvalue weighted by Crippen LogP contribution is 2.38. The zero-order chi connectivity index (χ0) is 12.7. The van der Waals surface area contributed by atoms with E-state index in [1.807, 2.05) is 18.5 Å². The molecule has 2 aliphatic rings. The van der Waals surface area contributed by atoms with Crippen molar-refractivity contribution in [2.75, 3.05) is 0 Å². The minimum atomic E-state index is 0.314. The van der Waals surface area contributed by atoms with E-state index in [0.717, 1.165) is 24.4 Å². The van der Waals surface area contributed by atoms with Crippen molar-refractivity contribution in [3.05, 3.63) is 41.6 Å². The van der Waals surface area contributed by atoms with E-state index in [2.05, 4.69) is 34.5 Å². The van der Waals surface area contributed by atoms with Crippen molar-refractivity contribution in [1.29, 1.82) is 0 Å². The summed E-state index contributed by atoms with van der Waals surface area (Å²) in [7, 11) is 0. The predicted octanol–water partition coefficient (Wildman–Crippen LogP) is 3.47. The molecule has 0 radical (unpaired) electrons. The second kappa shape index (κ2) is 4.39. The Balaban J connectivity index is 2.10. The van der Waals surface area contributed by atoms with Gasteiger partial charge in [-0.25, -0.2) is 9.98 Å². The number of imidazole rings is 1. The Labute approximate surface area is 112 Å². The van der Waals surface area contributed by atoms with Gasteiger partial charge < -0.3 is 4.57 Å². The maximum Gasteiger partial charge on any atom is 0.156 e. The first-order valence-electron chi connectivity index (χ1n) is 6.33. The molecule has 1 aliphatic heterocycles. The van der Waals surface area contributed by atoms with Gasteiger partial charge in [0.15, 0.2) is 5.17 Å². The summed E-state index contributed by atoms with van der Waals surface area (Å²) in [5, 5.41) is 0.519. The number of fused-ring (bicyclic) bond motifs is 3. The molecule has 0 spiro atoms. The average molecular weight is 262 g/mol. The molecule has 18 heavy (non-hydrogen) atoms. The van der Waals surface area contributed by atoms with E-state index in [-0.39, 0.29) is 0 Å². The lowest BCUT2D eigenvalue weighted by atomic mass is 9.90. The fraction of sp³-hybridized carbons (Fsp3) is 0.429. The monoisotopic (exact) mass is 261 g/mol. The quantitative estimate of drug-likeness (QED) is 0.802. The highest BCUT2D eigenvalue weighted by atomic mass is 35.5. The van der Waals surface area contributed by atoms with Gasteiger partial charge in [0.25, 0.3) is 0 Å². The molecule has 2 heterocycles. The molecule has 1 unspecified atom stereocenters. The molecule has 0 saturated carbocycles. The summed E-state index contributed by atoms with van der Waals surface area (Å²) in [6.45, 7) is 5.39. The molecule has 0 aromatic carbocycles. The van der Waals surface area contributed by atoms with Crippen LogP contribution in [-0.2, 0) is 6.54 Å². The van der Waals surface area contributed by atoms with Crippen molar-refractivity contribution in [3.63, 3.8) is 0 Å². The molecule has 0 N–H and O–H groups in total. The van der Waals surface area contributed by atoms with E-state index in [1.165, 1.54) is 5.69 Å². The van der Waals surface area contributed by atoms with E-state index in [1.54, 1.807) is 0 Å². The Morgan fingerprint density at radius 1 is 1.50 bits per heavy atom. The first kappa shape index (κ1) is 11.7. The molecule has 0 amide bonds. The molecule has 0 bridgehead atoms. The number of aliphatic imine (C=N–C) groups is 1. The van der Waals surface area contributed by atoms with Gasteiger partial charge in [-0.1, -0.05) is 37.6 Å². The first-order chi connectivity index (χ1) is 8.66. The molecule has 1 aromatic heterocycles.